The molecule has 0 aliphatic carbocycles. The van der Waals surface area contributed by atoms with Crippen LogP contribution in [-0.2, 0) is 4.74 Å². The van der Waals surface area contributed by atoms with E-state index < -0.39 is 5.91 Å². The van der Waals surface area contributed by atoms with Crippen molar-refractivity contribution in [2.24, 2.45) is 17.6 Å². The standard InChI is InChI=1S/C36H47N7O3/c1-25(2)13-20-46-36(45)42-14-11-26(12-15-42)21-32(31-22-38-24-39-31)43-23-30(29-10-6-8-27-7-4-5-9-28(27)29)33(34(37)44)35(43)41-18-16-40(3)17-19-41/h4-10,22-26,32H,11-21H2,1-3H3,(H2,37,44)(H,38,39). The van der Waals surface area contributed by atoms with Crippen molar-refractivity contribution in [1.82, 2.24) is 24.3 Å². The lowest BCUT2D eigenvalue weighted by Crippen LogP contribution is -2.46. The predicted molar refractivity (Wildman–Crippen MR) is 182 cm³/mol. The van der Waals surface area contributed by atoms with E-state index >= 15 is 0 Å². The number of amides is 2. The Kier molecular flexibility index (Phi) is 9.63. The van der Waals surface area contributed by atoms with Crippen molar-refractivity contribution in [3.8, 4) is 11.1 Å². The zero-order valence-corrected chi connectivity index (χ0v) is 27.3. The fourth-order valence-corrected chi connectivity index (χ4v) is 6.98. The molecule has 244 valence electrons. The number of anilines is 1. The maximum absolute atomic E-state index is 13.5. The third-order valence-corrected chi connectivity index (χ3v) is 9.70. The molecule has 4 aromatic rings. The van der Waals surface area contributed by atoms with Gasteiger partial charge in [-0.25, -0.2) is 9.78 Å². The number of aromatic nitrogens is 3. The lowest BCUT2D eigenvalue weighted by atomic mass is 9.89. The van der Waals surface area contributed by atoms with Crippen LogP contribution in [0.1, 0.15) is 61.6 Å². The van der Waals surface area contributed by atoms with Crippen molar-refractivity contribution < 1.29 is 14.3 Å². The van der Waals surface area contributed by atoms with Crippen molar-refractivity contribution >= 4 is 28.6 Å². The third kappa shape index (κ3) is 6.77. The number of likely N-dealkylation sites (tertiary alicyclic amines) is 1. The first-order valence-electron chi connectivity index (χ1n) is 16.7. The zero-order chi connectivity index (χ0) is 32.2. The van der Waals surface area contributed by atoms with Crippen LogP contribution in [0.3, 0.4) is 0 Å². The zero-order valence-electron chi connectivity index (χ0n) is 27.3. The van der Waals surface area contributed by atoms with E-state index in [9.17, 15) is 9.59 Å². The lowest BCUT2D eigenvalue weighted by molar-refractivity contribution is 0.0824. The molecule has 3 N–H and O–H groups in total. The van der Waals surface area contributed by atoms with Crippen LogP contribution in [-0.4, -0.2) is 89.3 Å². The van der Waals surface area contributed by atoms with Gasteiger partial charge in [-0.05, 0) is 60.9 Å². The van der Waals surface area contributed by atoms with Crippen LogP contribution in [0, 0.1) is 11.8 Å². The number of primary amides is 1. The summed E-state index contributed by atoms with van der Waals surface area (Å²) in [5.41, 5.74) is 9.67. The molecule has 10 heteroatoms. The molecule has 2 saturated heterocycles. The molecular weight excluding hydrogens is 578 g/mol. The van der Waals surface area contributed by atoms with Gasteiger partial charge in [-0.3, -0.25) is 4.79 Å². The van der Waals surface area contributed by atoms with Gasteiger partial charge in [0, 0.05) is 51.0 Å². The van der Waals surface area contributed by atoms with E-state index in [1.165, 1.54) is 0 Å². The summed E-state index contributed by atoms with van der Waals surface area (Å²) in [6.45, 7) is 9.45. The molecule has 0 bridgehead atoms. The van der Waals surface area contributed by atoms with Crippen LogP contribution in [0.15, 0.2) is 61.2 Å². The minimum Gasteiger partial charge on any atom is -0.449 e. The number of H-pyrrole nitrogens is 1. The number of hydrogen-bond donors (Lipinski definition) is 2. The molecular formula is C36H47N7O3. The van der Waals surface area contributed by atoms with Gasteiger partial charge in [0.2, 0.25) is 0 Å². The number of ether oxygens (including phenoxy) is 1. The normalized spacial score (nSPS) is 17.1. The summed E-state index contributed by atoms with van der Waals surface area (Å²) in [5.74, 6) is 1.31. The number of imidazole rings is 1. The maximum atomic E-state index is 13.5. The number of nitrogens with two attached hydrogens (primary N) is 1. The number of likely N-dealkylation sites (N-methyl/N-ethyl adjacent to an activating group) is 1. The molecule has 0 saturated carbocycles. The second-order valence-electron chi connectivity index (χ2n) is 13.3. The van der Waals surface area contributed by atoms with Gasteiger partial charge in [0.25, 0.3) is 5.91 Å². The Hall–Kier alpha value is -4.31. The minimum atomic E-state index is -0.428. The van der Waals surface area contributed by atoms with E-state index in [1.54, 1.807) is 6.33 Å². The molecule has 0 spiro atoms. The van der Waals surface area contributed by atoms with E-state index in [1.807, 2.05) is 29.3 Å². The molecule has 2 aromatic carbocycles. The first-order valence-corrected chi connectivity index (χ1v) is 16.7. The second-order valence-corrected chi connectivity index (χ2v) is 13.3. The van der Waals surface area contributed by atoms with Crippen LogP contribution >= 0.6 is 0 Å². The Balaban J connectivity index is 1.37. The van der Waals surface area contributed by atoms with Gasteiger partial charge < -0.3 is 34.7 Å². The second kappa shape index (κ2) is 14.0. The van der Waals surface area contributed by atoms with E-state index in [-0.39, 0.29) is 12.1 Å². The number of aromatic amines is 1. The minimum absolute atomic E-state index is 0.103. The highest BCUT2D eigenvalue weighted by atomic mass is 16.6. The van der Waals surface area contributed by atoms with Gasteiger partial charge in [0.05, 0.1) is 36.4 Å². The molecule has 6 rings (SSSR count). The van der Waals surface area contributed by atoms with Crippen molar-refractivity contribution in [1.29, 1.82) is 0 Å². The van der Waals surface area contributed by atoms with Crippen molar-refractivity contribution in [3.05, 3.63) is 72.4 Å². The van der Waals surface area contributed by atoms with Crippen LogP contribution in [0.2, 0.25) is 0 Å². The van der Waals surface area contributed by atoms with E-state index in [0.29, 0.717) is 37.1 Å². The summed E-state index contributed by atoms with van der Waals surface area (Å²) < 4.78 is 7.84. The molecule has 46 heavy (non-hydrogen) atoms. The SMILES string of the molecule is CC(C)CCOC(=O)N1CCC(CC(c2cnc[nH]2)n2cc(-c3cccc4ccccc34)c(C(N)=O)c2N2CCN(C)CC2)CC1. The number of carbonyl (C=O) groups excluding carboxylic acids is 2. The summed E-state index contributed by atoms with van der Waals surface area (Å²) in [5, 5.41) is 2.20. The van der Waals surface area contributed by atoms with Crippen molar-refractivity contribution in [2.75, 3.05) is 57.8 Å². The molecule has 2 aromatic heterocycles. The van der Waals surface area contributed by atoms with Gasteiger partial charge in [0.1, 0.15) is 5.82 Å². The number of rotatable bonds is 10. The number of piperidine rings is 1. The Bertz CT molecular complexity index is 1630. The number of carbonyl (C=O) groups is 2. The summed E-state index contributed by atoms with van der Waals surface area (Å²) in [6, 6.07) is 14.4. The summed E-state index contributed by atoms with van der Waals surface area (Å²) in [4.78, 5) is 40.5. The van der Waals surface area contributed by atoms with Gasteiger partial charge >= 0.3 is 6.09 Å². The number of benzene rings is 2. The number of nitrogens with one attached hydrogen (secondary N) is 1. The van der Waals surface area contributed by atoms with Gasteiger partial charge in [-0.15, -0.1) is 0 Å². The first-order chi connectivity index (χ1) is 22.3. The topological polar surface area (TPSA) is 113 Å². The largest absolute Gasteiger partial charge is 0.449 e. The number of hydrogen-bond acceptors (Lipinski definition) is 6. The average Bonchev–Trinajstić information content (AvgIpc) is 3.73. The number of fused-ring (bicyclic) bond motifs is 1. The summed E-state index contributed by atoms with van der Waals surface area (Å²) in [6.07, 6.45) is 9.01. The smallest absolute Gasteiger partial charge is 0.409 e. The molecule has 0 radical (unpaired) electrons. The maximum Gasteiger partial charge on any atom is 0.409 e. The Morgan fingerprint density at radius 1 is 1.00 bits per heavy atom. The quantitative estimate of drug-likeness (QED) is 0.232. The third-order valence-electron chi connectivity index (χ3n) is 9.70. The average molecular weight is 626 g/mol. The monoisotopic (exact) mass is 625 g/mol. The predicted octanol–water partition coefficient (Wildman–Crippen LogP) is 5.76. The van der Waals surface area contributed by atoms with E-state index in [4.69, 9.17) is 10.5 Å². The molecule has 1 unspecified atom stereocenters. The molecule has 2 aliphatic rings. The molecule has 4 heterocycles. The first kappa shape index (κ1) is 31.7. The Morgan fingerprint density at radius 2 is 1.74 bits per heavy atom. The highest BCUT2D eigenvalue weighted by Gasteiger charge is 2.34. The Morgan fingerprint density at radius 3 is 2.43 bits per heavy atom. The van der Waals surface area contributed by atoms with Crippen LogP contribution < -0.4 is 10.6 Å². The number of piperazine rings is 1. The van der Waals surface area contributed by atoms with Crippen molar-refractivity contribution in [3.63, 3.8) is 0 Å². The fourth-order valence-electron chi connectivity index (χ4n) is 6.98. The highest BCUT2D eigenvalue weighted by Crippen LogP contribution is 2.42. The fraction of sp³-hybridized carbons (Fsp3) is 0.472. The lowest BCUT2D eigenvalue weighted by Gasteiger charge is -2.37. The van der Waals surface area contributed by atoms with Crippen LogP contribution in [0.25, 0.3) is 21.9 Å². The molecule has 2 amide bonds. The van der Waals surface area contributed by atoms with Gasteiger partial charge in [-0.1, -0.05) is 56.3 Å². The molecule has 10 nitrogen and oxygen atoms in total. The Labute approximate surface area is 271 Å². The molecule has 2 fully saturated rings. The molecule has 1 atom stereocenters. The molecule has 2 aliphatic heterocycles. The summed E-state index contributed by atoms with van der Waals surface area (Å²) in [7, 11) is 2.13. The van der Waals surface area contributed by atoms with Gasteiger partial charge in [0.15, 0.2) is 0 Å². The van der Waals surface area contributed by atoms with E-state index in [2.05, 4.69) is 75.7 Å². The highest BCUT2D eigenvalue weighted by molar-refractivity contribution is 6.09. The van der Waals surface area contributed by atoms with Crippen LogP contribution in [0.5, 0.6) is 0 Å². The number of nitrogens with zero attached hydrogens (tertiary/aromatic N) is 5. The van der Waals surface area contributed by atoms with Gasteiger partial charge in [-0.2, -0.15) is 0 Å². The van der Waals surface area contributed by atoms with Crippen LogP contribution in [0.4, 0.5) is 10.6 Å². The van der Waals surface area contributed by atoms with E-state index in [0.717, 1.165) is 85.3 Å². The van der Waals surface area contributed by atoms with Crippen molar-refractivity contribution in [2.45, 2.75) is 45.6 Å². The summed E-state index contributed by atoms with van der Waals surface area (Å²) >= 11 is 0.